The van der Waals surface area contributed by atoms with Gasteiger partial charge in [-0.15, -0.1) is 0 Å². The Morgan fingerprint density at radius 3 is 2.27 bits per heavy atom. The van der Waals surface area contributed by atoms with Gasteiger partial charge in [0.1, 0.15) is 0 Å². The van der Waals surface area contributed by atoms with Crippen LogP contribution in [-0.2, 0) is 14.6 Å². The number of nitrogens with zero attached hydrogens (tertiary/aromatic N) is 1. The zero-order valence-corrected chi connectivity index (χ0v) is 21.6. The number of carbonyl (C=O) groups is 1. The molecule has 1 saturated heterocycles. The van der Waals surface area contributed by atoms with Crippen molar-refractivity contribution in [3.8, 4) is 0 Å². The molecule has 200 valence electrons. The van der Waals surface area contributed by atoms with Crippen molar-refractivity contribution in [2.24, 2.45) is 17.8 Å². The number of amides is 1. The smallest absolute Gasteiger partial charge is 0.255 e. The molecule has 2 aliphatic carbocycles. The largest absolute Gasteiger partial charge is 0.379 e. The number of carbonyl (C=O) groups excluding carboxylic acids is 1. The van der Waals surface area contributed by atoms with Crippen LogP contribution in [0, 0.1) is 35.2 Å². The fourth-order valence-electron chi connectivity index (χ4n) is 6.24. The van der Waals surface area contributed by atoms with Crippen molar-refractivity contribution in [2.75, 3.05) is 38.2 Å². The lowest BCUT2D eigenvalue weighted by molar-refractivity contribution is 0.0253. The molecule has 0 aromatic heterocycles. The Morgan fingerprint density at radius 2 is 1.65 bits per heavy atom. The maximum atomic E-state index is 13.8. The minimum absolute atomic E-state index is 0.0188. The van der Waals surface area contributed by atoms with E-state index in [1.807, 2.05) is 0 Å². The molecule has 2 saturated carbocycles. The molecule has 3 fully saturated rings. The molecule has 2 aromatic carbocycles. The summed E-state index contributed by atoms with van der Waals surface area (Å²) in [5.41, 5.74) is -0.334. The van der Waals surface area contributed by atoms with Gasteiger partial charge in [0.2, 0.25) is 0 Å². The van der Waals surface area contributed by atoms with E-state index >= 15 is 0 Å². The van der Waals surface area contributed by atoms with Gasteiger partial charge in [0.15, 0.2) is 27.3 Å². The third-order valence-corrected chi connectivity index (χ3v) is 10.7. The van der Waals surface area contributed by atoms with Crippen molar-refractivity contribution in [2.45, 2.75) is 35.8 Å². The van der Waals surface area contributed by atoms with Gasteiger partial charge in [0.25, 0.3) is 5.91 Å². The topological polar surface area (TPSA) is 75.7 Å². The number of rotatable bonds is 6. The summed E-state index contributed by atoms with van der Waals surface area (Å²) in [5, 5.41) is 1.74. The summed E-state index contributed by atoms with van der Waals surface area (Å²) in [6.07, 6.45) is 3.34. The van der Waals surface area contributed by atoms with Crippen molar-refractivity contribution in [3.63, 3.8) is 0 Å². The number of sulfone groups is 1. The molecule has 37 heavy (non-hydrogen) atoms. The van der Waals surface area contributed by atoms with Gasteiger partial charge in [-0.2, -0.15) is 0 Å². The first-order chi connectivity index (χ1) is 17.6. The first-order valence-electron chi connectivity index (χ1n) is 12.4. The van der Waals surface area contributed by atoms with Crippen LogP contribution in [-0.4, -0.2) is 57.3 Å². The molecule has 2 aromatic rings. The molecule has 3 aliphatic rings. The van der Waals surface area contributed by atoms with Gasteiger partial charge in [0.05, 0.1) is 28.4 Å². The van der Waals surface area contributed by atoms with Crippen LogP contribution in [0.3, 0.4) is 0 Å². The van der Waals surface area contributed by atoms with Crippen molar-refractivity contribution < 1.29 is 31.1 Å². The highest BCUT2D eigenvalue weighted by Crippen LogP contribution is 2.50. The predicted molar refractivity (Wildman–Crippen MR) is 133 cm³/mol. The first kappa shape index (κ1) is 26.5. The SMILES string of the molecule is O=C(Nc1cc(F)c(F)c(F)c1)c1ccc(Cl)c(S(=O)(=O)C2C3CC[C@H]2C[C@H](CN2CCOCC2)C3)c1. The second-order valence-corrected chi connectivity index (χ2v) is 12.7. The van der Waals surface area contributed by atoms with Crippen LogP contribution in [0.2, 0.25) is 5.02 Å². The molecule has 6 nitrogen and oxygen atoms in total. The quantitative estimate of drug-likeness (QED) is 0.511. The highest BCUT2D eigenvalue weighted by atomic mass is 35.5. The van der Waals surface area contributed by atoms with Gasteiger partial charge in [0, 0.05) is 43.0 Å². The summed E-state index contributed by atoms with van der Waals surface area (Å²) in [7, 11) is -3.85. The molecule has 1 amide bonds. The predicted octanol–water partition coefficient (Wildman–Crippen LogP) is 4.92. The summed E-state index contributed by atoms with van der Waals surface area (Å²) in [6.45, 7) is 4.20. The number of ether oxygens (including phenoxy) is 1. The molecule has 0 radical (unpaired) electrons. The van der Waals surface area contributed by atoms with Gasteiger partial charge < -0.3 is 10.1 Å². The number of anilines is 1. The molecule has 4 atom stereocenters. The van der Waals surface area contributed by atoms with Crippen molar-refractivity contribution in [1.29, 1.82) is 0 Å². The molecule has 2 bridgehead atoms. The summed E-state index contributed by atoms with van der Waals surface area (Å²) in [6, 6.07) is 5.18. The minimum atomic E-state index is -3.85. The normalized spacial score (nSPS) is 26.3. The molecule has 0 spiro atoms. The monoisotopic (exact) mass is 556 g/mol. The minimum Gasteiger partial charge on any atom is -0.379 e. The number of halogens is 4. The van der Waals surface area contributed by atoms with Gasteiger partial charge in [-0.05, 0) is 61.6 Å². The van der Waals surface area contributed by atoms with E-state index in [0.717, 1.165) is 58.5 Å². The molecular formula is C26H28ClF3N2O4S. The number of fused-ring (bicyclic) bond motifs is 2. The Morgan fingerprint density at radius 1 is 1.03 bits per heavy atom. The van der Waals surface area contributed by atoms with E-state index in [1.165, 1.54) is 18.2 Å². The zero-order chi connectivity index (χ0) is 26.3. The molecule has 5 rings (SSSR count). The van der Waals surface area contributed by atoms with Crippen molar-refractivity contribution in [1.82, 2.24) is 4.90 Å². The second kappa shape index (κ2) is 10.6. The first-order valence-corrected chi connectivity index (χ1v) is 14.4. The highest BCUT2D eigenvalue weighted by Gasteiger charge is 2.50. The van der Waals surface area contributed by atoms with E-state index in [-0.39, 0.29) is 33.0 Å². The lowest BCUT2D eigenvalue weighted by atomic mass is 9.80. The van der Waals surface area contributed by atoms with Crippen LogP contribution in [0.4, 0.5) is 18.9 Å². The average Bonchev–Trinajstić information content (AvgIpc) is 3.15. The molecular weight excluding hydrogens is 529 g/mol. The highest BCUT2D eigenvalue weighted by molar-refractivity contribution is 7.92. The Bertz CT molecular complexity index is 1270. The van der Waals surface area contributed by atoms with E-state index < -0.39 is 38.4 Å². The molecule has 1 heterocycles. The number of morpholine rings is 1. The van der Waals surface area contributed by atoms with Crippen LogP contribution in [0.1, 0.15) is 36.0 Å². The number of hydrogen-bond donors (Lipinski definition) is 1. The maximum Gasteiger partial charge on any atom is 0.255 e. The van der Waals surface area contributed by atoms with Crippen LogP contribution < -0.4 is 5.32 Å². The number of nitrogens with one attached hydrogen (secondary N) is 1. The Kier molecular flexibility index (Phi) is 7.55. The van der Waals surface area contributed by atoms with E-state index in [9.17, 15) is 26.4 Å². The van der Waals surface area contributed by atoms with Crippen LogP contribution in [0.5, 0.6) is 0 Å². The Labute approximate surface area is 219 Å². The Balaban J connectivity index is 1.34. The Hall–Kier alpha value is -2.14. The molecule has 1 N–H and O–H groups in total. The van der Waals surface area contributed by atoms with E-state index in [1.54, 1.807) is 0 Å². The lowest BCUT2D eigenvalue weighted by Crippen LogP contribution is -2.43. The summed E-state index contributed by atoms with van der Waals surface area (Å²) in [4.78, 5) is 15.0. The van der Waals surface area contributed by atoms with Crippen LogP contribution in [0.15, 0.2) is 35.2 Å². The van der Waals surface area contributed by atoms with E-state index in [2.05, 4.69) is 10.2 Å². The molecule has 11 heteroatoms. The van der Waals surface area contributed by atoms with Crippen molar-refractivity contribution >= 4 is 33.0 Å². The molecule has 2 unspecified atom stereocenters. The lowest BCUT2D eigenvalue weighted by Gasteiger charge is -2.38. The summed E-state index contributed by atoms with van der Waals surface area (Å²) >= 11 is 6.33. The third-order valence-electron chi connectivity index (χ3n) is 7.83. The standard InChI is InChI=1S/C26H28ClF3N2O4S/c27-20-4-3-18(26(33)31-19-12-21(28)24(30)22(29)13-19)11-23(20)37(34,35)25-16-1-2-17(25)10-15(9-16)14-32-5-7-36-8-6-32/h3-4,11-13,15-17,25H,1-2,5-10,14H2,(H,31,33)/t15-,16-,17?,25?/m0/s1. The summed E-state index contributed by atoms with van der Waals surface area (Å²) in [5.74, 6) is -4.86. The number of benzene rings is 2. The third kappa shape index (κ3) is 5.39. The zero-order valence-electron chi connectivity index (χ0n) is 20.1. The number of hydrogen-bond acceptors (Lipinski definition) is 5. The van der Waals surface area contributed by atoms with Gasteiger partial charge >= 0.3 is 0 Å². The summed E-state index contributed by atoms with van der Waals surface area (Å²) < 4.78 is 73.4. The second-order valence-electron chi connectivity index (χ2n) is 10.2. The van der Waals surface area contributed by atoms with Crippen LogP contribution >= 0.6 is 11.6 Å². The molecule has 1 aliphatic heterocycles. The van der Waals surface area contributed by atoms with Gasteiger partial charge in [-0.1, -0.05) is 11.6 Å². The fourth-order valence-corrected chi connectivity index (χ4v) is 9.12. The average molecular weight is 557 g/mol. The van der Waals surface area contributed by atoms with Crippen molar-refractivity contribution in [3.05, 3.63) is 58.4 Å². The van der Waals surface area contributed by atoms with E-state index in [4.69, 9.17) is 16.3 Å². The fraction of sp³-hybridized carbons (Fsp3) is 0.500. The van der Waals surface area contributed by atoms with Crippen LogP contribution in [0.25, 0.3) is 0 Å². The van der Waals surface area contributed by atoms with Gasteiger partial charge in [-0.3, -0.25) is 9.69 Å². The van der Waals surface area contributed by atoms with E-state index in [0.29, 0.717) is 18.1 Å². The maximum absolute atomic E-state index is 13.8. The van der Waals surface area contributed by atoms with Gasteiger partial charge in [-0.25, -0.2) is 21.6 Å².